The van der Waals surface area contributed by atoms with Crippen LogP contribution in [0.1, 0.15) is 33.3 Å². The van der Waals surface area contributed by atoms with E-state index >= 15 is 0 Å². The first kappa shape index (κ1) is 15.0. The summed E-state index contributed by atoms with van der Waals surface area (Å²) >= 11 is 0. The minimum atomic E-state index is 0.618. The topological polar surface area (TPSA) is 15.3 Å². The van der Waals surface area contributed by atoms with Gasteiger partial charge < -0.3 is 5.32 Å². The highest BCUT2D eigenvalue weighted by Gasteiger charge is 2.10. The molecule has 0 saturated heterocycles. The van der Waals surface area contributed by atoms with Crippen LogP contribution in [0.3, 0.4) is 0 Å². The summed E-state index contributed by atoms with van der Waals surface area (Å²) in [5.41, 5.74) is 2.53. The Morgan fingerprint density at radius 2 is 1.67 bits per heavy atom. The molecule has 1 aromatic carbocycles. The third-order valence-corrected chi connectivity index (χ3v) is 3.11. The average Bonchev–Trinajstić information content (AvgIpc) is 2.29. The average molecular weight is 248 g/mol. The van der Waals surface area contributed by atoms with Crippen LogP contribution in [-0.2, 0) is 0 Å². The van der Waals surface area contributed by atoms with Gasteiger partial charge in [-0.15, -0.1) is 0 Å². The monoisotopic (exact) mass is 248 g/mol. The van der Waals surface area contributed by atoms with Gasteiger partial charge in [-0.1, -0.05) is 31.5 Å². The maximum absolute atomic E-state index is 3.49. The number of hydrogen-bond donors (Lipinski definition) is 1. The molecule has 0 unspecified atom stereocenters. The Bertz CT molecular complexity index is 327. The summed E-state index contributed by atoms with van der Waals surface area (Å²) < 4.78 is 0. The lowest BCUT2D eigenvalue weighted by molar-refractivity contribution is 0.205. The van der Waals surface area contributed by atoms with Gasteiger partial charge in [0.1, 0.15) is 0 Å². The molecule has 0 aliphatic rings. The van der Waals surface area contributed by atoms with Crippen molar-refractivity contribution < 1.29 is 0 Å². The lowest BCUT2D eigenvalue weighted by Gasteiger charge is -2.28. The second kappa shape index (κ2) is 7.42. The number of hydrogen-bond acceptors (Lipinski definition) is 2. The van der Waals surface area contributed by atoms with Gasteiger partial charge in [-0.25, -0.2) is 0 Å². The normalized spacial score (nSPS) is 11.6. The predicted octanol–water partition coefficient (Wildman–Crippen LogP) is 3.77. The molecular weight excluding hydrogens is 220 g/mol. The van der Waals surface area contributed by atoms with Gasteiger partial charge in [-0.3, -0.25) is 4.90 Å². The number of rotatable bonds is 7. The minimum Gasteiger partial charge on any atom is -0.384 e. The Labute approximate surface area is 112 Å². The van der Waals surface area contributed by atoms with E-state index in [1.54, 1.807) is 0 Å². The van der Waals surface area contributed by atoms with Crippen LogP contribution in [0.4, 0.5) is 5.69 Å². The third-order valence-electron chi connectivity index (χ3n) is 3.11. The lowest BCUT2D eigenvalue weighted by Crippen LogP contribution is -2.37. The Morgan fingerprint density at radius 3 is 2.17 bits per heavy atom. The molecule has 1 aromatic rings. The van der Waals surface area contributed by atoms with Crippen molar-refractivity contribution in [1.82, 2.24) is 4.90 Å². The molecule has 0 bridgehead atoms. The summed E-state index contributed by atoms with van der Waals surface area (Å²) in [7, 11) is 0. The molecule has 0 aliphatic carbocycles. The molecule has 102 valence electrons. The van der Waals surface area contributed by atoms with Crippen molar-refractivity contribution in [3.8, 4) is 0 Å². The predicted molar refractivity (Wildman–Crippen MR) is 81.2 cm³/mol. The SMILES string of the molecule is Cc1ccc(NCCN(CC(C)C)C(C)C)cc1. The highest BCUT2D eigenvalue weighted by atomic mass is 15.2. The van der Waals surface area contributed by atoms with Crippen molar-refractivity contribution >= 4 is 5.69 Å². The molecule has 1 rings (SSSR count). The van der Waals surface area contributed by atoms with Gasteiger partial charge in [-0.2, -0.15) is 0 Å². The van der Waals surface area contributed by atoms with Gasteiger partial charge in [0, 0.05) is 31.4 Å². The standard InChI is InChI=1S/C16H28N2/c1-13(2)12-18(14(3)4)11-10-17-16-8-6-15(5)7-9-16/h6-9,13-14,17H,10-12H2,1-5H3. The minimum absolute atomic E-state index is 0.618. The van der Waals surface area contributed by atoms with E-state index in [0.29, 0.717) is 6.04 Å². The Hall–Kier alpha value is -1.02. The lowest BCUT2D eigenvalue weighted by atomic mass is 10.2. The molecule has 2 heteroatoms. The van der Waals surface area contributed by atoms with Crippen LogP contribution in [0.15, 0.2) is 24.3 Å². The molecule has 0 spiro atoms. The number of nitrogens with one attached hydrogen (secondary N) is 1. The first-order valence-electron chi connectivity index (χ1n) is 7.03. The van der Waals surface area contributed by atoms with Gasteiger partial charge in [0.15, 0.2) is 0 Å². The maximum Gasteiger partial charge on any atom is 0.0340 e. The fourth-order valence-corrected chi connectivity index (χ4v) is 2.04. The van der Waals surface area contributed by atoms with E-state index in [1.165, 1.54) is 17.8 Å². The largest absolute Gasteiger partial charge is 0.384 e. The zero-order valence-corrected chi connectivity index (χ0v) is 12.5. The molecule has 1 N–H and O–H groups in total. The van der Waals surface area contributed by atoms with Crippen molar-refractivity contribution in [3.63, 3.8) is 0 Å². The van der Waals surface area contributed by atoms with E-state index in [1.807, 2.05) is 0 Å². The zero-order valence-electron chi connectivity index (χ0n) is 12.5. The molecule has 0 saturated carbocycles. The van der Waals surface area contributed by atoms with E-state index in [0.717, 1.165) is 19.0 Å². The molecule has 0 aliphatic heterocycles. The van der Waals surface area contributed by atoms with Gasteiger partial charge in [-0.05, 0) is 38.8 Å². The van der Waals surface area contributed by atoms with Crippen LogP contribution in [-0.4, -0.2) is 30.6 Å². The van der Waals surface area contributed by atoms with E-state index in [-0.39, 0.29) is 0 Å². The van der Waals surface area contributed by atoms with E-state index in [4.69, 9.17) is 0 Å². The molecule has 18 heavy (non-hydrogen) atoms. The molecule has 0 heterocycles. The number of nitrogens with zero attached hydrogens (tertiary/aromatic N) is 1. The van der Waals surface area contributed by atoms with E-state index < -0.39 is 0 Å². The first-order chi connectivity index (χ1) is 8.49. The highest BCUT2D eigenvalue weighted by Crippen LogP contribution is 2.09. The molecule has 0 amide bonds. The summed E-state index contributed by atoms with van der Waals surface area (Å²) in [6.07, 6.45) is 0. The van der Waals surface area contributed by atoms with Gasteiger partial charge in [0.05, 0.1) is 0 Å². The second-order valence-corrected chi connectivity index (χ2v) is 5.78. The van der Waals surface area contributed by atoms with Crippen molar-refractivity contribution in [3.05, 3.63) is 29.8 Å². The van der Waals surface area contributed by atoms with Crippen molar-refractivity contribution in [2.24, 2.45) is 5.92 Å². The van der Waals surface area contributed by atoms with Crippen LogP contribution in [0.5, 0.6) is 0 Å². The number of aryl methyl sites for hydroxylation is 1. The van der Waals surface area contributed by atoms with Crippen LogP contribution in [0.2, 0.25) is 0 Å². The summed E-state index contributed by atoms with van der Waals surface area (Å²) in [6, 6.07) is 9.22. The molecule has 0 radical (unpaired) electrons. The van der Waals surface area contributed by atoms with E-state index in [2.05, 4.69) is 69.1 Å². The quantitative estimate of drug-likeness (QED) is 0.790. The Morgan fingerprint density at radius 1 is 1.06 bits per heavy atom. The fourth-order valence-electron chi connectivity index (χ4n) is 2.04. The van der Waals surface area contributed by atoms with Gasteiger partial charge >= 0.3 is 0 Å². The smallest absolute Gasteiger partial charge is 0.0340 e. The van der Waals surface area contributed by atoms with Crippen LogP contribution in [0.25, 0.3) is 0 Å². The van der Waals surface area contributed by atoms with Crippen molar-refractivity contribution in [1.29, 1.82) is 0 Å². The summed E-state index contributed by atoms with van der Waals surface area (Å²) in [6.45, 7) is 14.5. The fraction of sp³-hybridized carbons (Fsp3) is 0.625. The molecule has 0 fully saturated rings. The van der Waals surface area contributed by atoms with Crippen molar-refractivity contribution in [2.45, 2.75) is 40.7 Å². The van der Waals surface area contributed by atoms with Crippen LogP contribution < -0.4 is 5.32 Å². The van der Waals surface area contributed by atoms with E-state index in [9.17, 15) is 0 Å². The second-order valence-electron chi connectivity index (χ2n) is 5.78. The Kier molecular flexibility index (Phi) is 6.20. The summed E-state index contributed by atoms with van der Waals surface area (Å²) in [5.74, 6) is 0.728. The maximum atomic E-state index is 3.49. The summed E-state index contributed by atoms with van der Waals surface area (Å²) in [4.78, 5) is 2.53. The number of anilines is 1. The van der Waals surface area contributed by atoms with Gasteiger partial charge in [0.25, 0.3) is 0 Å². The Balaban J connectivity index is 2.36. The first-order valence-corrected chi connectivity index (χ1v) is 7.03. The molecule has 0 aromatic heterocycles. The molecule has 0 atom stereocenters. The zero-order chi connectivity index (χ0) is 13.5. The highest BCUT2D eigenvalue weighted by molar-refractivity contribution is 5.44. The summed E-state index contributed by atoms with van der Waals surface area (Å²) in [5, 5.41) is 3.49. The van der Waals surface area contributed by atoms with Crippen molar-refractivity contribution in [2.75, 3.05) is 25.0 Å². The van der Waals surface area contributed by atoms with Crippen LogP contribution in [0, 0.1) is 12.8 Å². The van der Waals surface area contributed by atoms with Gasteiger partial charge in [0.2, 0.25) is 0 Å². The molecule has 2 nitrogen and oxygen atoms in total. The third kappa shape index (κ3) is 5.54. The van der Waals surface area contributed by atoms with Crippen LogP contribution >= 0.6 is 0 Å². The molecular formula is C16H28N2. The number of benzene rings is 1.